The summed E-state index contributed by atoms with van der Waals surface area (Å²) in [7, 11) is 1.67. The van der Waals surface area contributed by atoms with Crippen molar-refractivity contribution >= 4 is 17.2 Å². The zero-order chi connectivity index (χ0) is 14.5. The van der Waals surface area contributed by atoms with Gasteiger partial charge in [-0.1, -0.05) is 18.2 Å². The van der Waals surface area contributed by atoms with E-state index in [1.54, 1.807) is 24.6 Å². The summed E-state index contributed by atoms with van der Waals surface area (Å²) in [4.78, 5) is 8.87. The number of nitrogens with one attached hydrogen (secondary N) is 1. The van der Waals surface area contributed by atoms with Gasteiger partial charge >= 0.3 is 0 Å². The van der Waals surface area contributed by atoms with Crippen LogP contribution in [-0.2, 0) is 6.54 Å². The zero-order valence-electron chi connectivity index (χ0n) is 11.6. The molecule has 0 radical (unpaired) electrons. The lowest BCUT2D eigenvalue weighted by Crippen LogP contribution is -2.00. The van der Waals surface area contributed by atoms with Crippen molar-refractivity contribution in [3.63, 3.8) is 0 Å². The lowest BCUT2D eigenvalue weighted by atomic mass is 10.2. The molecule has 0 saturated carbocycles. The largest absolute Gasteiger partial charge is 0.497 e. The Morgan fingerprint density at radius 2 is 2.14 bits per heavy atom. The number of benzene rings is 1. The highest BCUT2D eigenvalue weighted by Gasteiger charge is 2.05. The summed E-state index contributed by atoms with van der Waals surface area (Å²) in [5.74, 6) is 1.70. The maximum absolute atomic E-state index is 5.24. The Balaban J connectivity index is 1.71. The summed E-state index contributed by atoms with van der Waals surface area (Å²) < 4.78 is 5.24. The second-order valence-electron chi connectivity index (χ2n) is 4.43. The maximum atomic E-state index is 5.24. The molecule has 0 amide bonds. The van der Waals surface area contributed by atoms with Gasteiger partial charge in [-0.05, 0) is 24.3 Å². The van der Waals surface area contributed by atoms with Crippen LogP contribution in [0.3, 0.4) is 0 Å². The number of thiazole rings is 1. The van der Waals surface area contributed by atoms with Gasteiger partial charge in [0.15, 0.2) is 0 Å². The topological polar surface area (TPSA) is 47.0 Å². The third kappa shape index (κ3) is 3.38. The minimum Gasteiger partial charge on any atom is -0.497 e. The first-order valence-corrected chi connectivity index (χ1v) is 7.47. The molecule has 0 aliphatic heterocycles. The van der Waals surface area contributed by atoms with Crippen LogP contribution in [-0.4, -0.2) is 17.1 Å². The fraction of sp³-hybridized carbons (Fsp3) is 0.125. The average Bonchev–Trinajstić information content (AvgIpc) is 3.03. The molecule has 0 saturated heterocycles. The van der Waals surface area contributed by atoms with Crippen LogP contribution in [0.25, 0.3) is 11.3 Å². The first-order chi connectivity index (χ1) is 10.3. The number of aromatic nitrogens is 2. The first kappa shape index (κ1) is 13.6. The molecule has 0 aliphatic carbocycles. The molecule has 2 heterocycles. The highest BCUT2D eigenvalue weighted by atomic mass is 32.1. The number of anilines is 1. The van der Waals surface area contributed by atoms with E-state index in [2.05, 4.69) is 20.7 Å². The Bertz CT molecular complexity index is 712. The van der Waals surface area contributed by atoms with Gasteiger partial charge in [0, 0.05) is 17.1 Å². The Morgan fingerprint density at radius 1 is 1.19 bits per heavy atom. The lowest BCUT2D eigenvalue weighted by Gasteiger charge is -2.02. The SMILES string of the molecule is COc1cccc(-c2csc(CNc3ccccn3)n2)c1. The van der Waals surface area contributed by atoms with Crippen LogP contribution >= 0.6 is 11.3 Å². The van der Waals surface area contributed by atoms with E-state index in [9.17, 15) is 0 Å². The maximum Gasteiger partial charge on any atom is 0.126 e. The molecule has 3 aromatic rings. The van der Waals surface area contributed by atoms with Gasteiger partial charge in [-0.3, -0.25) is 0 Å². The van der Waals surface area contributed by atoms with E-state index >= 15 is 0 Å². The summed E-state index contributed by atoms with van der Waals surface area (Å²) in [6.07, 6.45) is 1.77. The van der Waals surface area contributed by atoms with Gasteiger partial charge in [0.1, 0.15) is 16.6 Å². The van der Waals surface area contributed by atoms with E-state index in [0.29, 0.717) is 6.54 Å². The molecular weight excluding hydrogens is 282 g/mol. The number of hydrogen-bond acceptors (Lipinski definition) is 5. The molecule has 0 unspecified atom stereocenters. The van der Waals surface area contributed by atoms with Crippen LogP contribution in [0.5, 0.6) is 5.75 Å². The van der Waals surface area contributed by atoms with Crippen molar-refractivity contribution in [2.24, 2.45) is 0 Å². The molecule has 5 heteroatoms. The van der Waals surface area contributed by atoms with Crippen LogP contribution in [0.1, 0.15) is 5.01 Å². The van der Waals surface area contributed by atoms with Crippen molar-refractivity contribution in [1.29, 1.82) is 0 Å². The van der Waals surface area contributed by atoms with E-state index in [1.807, 2.05) is 42.5 Å². The van der Waals surface area contributed by atoms with E-state index in [0.717, 1.165) is 27.8 Å². The monoisotopic (exact) mass is 297 g/mol. The number of pyridine rings is 1. The van der Waals surface area contributed by atoms with Crippen LogP contribution in [0.15, 0.2) is 54.0 Å². The summed E-state index contributed by atoms with van der Waals surface area (Å²) in [5, 5.41) is 6.35. The van der Waals surface area contributed by atoms with Crippen molar-refractivity contribution in [3.05, 3.63) is 59.0 Å². The van der Waals surface area contributed by atoms with Crippen LogP contribution < -0.4 is 10.1 Å². The number of hydrogen-bond donors (Lipinski definition) is 1. The van der Waals surface area contributed by atoms with Crippen LogP contribution in [0.4, 0.5) is 5.82 Å². The molecule has 21 heavy (non-hydrogen) atoms. The smallest absolute Gasteiger partial charge is 0.126 e. The molecule has 0 spiro atoms. The fourth-order valence-electron chi connectivity index (χ4n) is 1.94. The molecule has 106 valence electrons. The number of methoxy groups -OCH3 is 1. The van der Waals surface area contributed by atoms with Gasteiger partial charge < -0.3 is 10.1 Å². The molecule has 3 rings (SSSR count). The third-order valence-electron chi connectivity index (χ3n) is 3.00. The van der Waals surface area contributed by atoms with Crippen LogP contribution in [0.2, 0.25) is 0 Å². The summed E-state index contributed by atoms with van der Waals surface area (Å²) in [6.45, 7) is 0.672. The summed E-state index contributed by atoms with van der Waals surface area (Å²) in [6, 6.07) is 13.7. The second-order valence-corrected chi connectivity index (χ2v) is 5.37. The van der Waals surface area contributed by atoms with Gasteiger partial charge in [-0.15, -0.1) is 11.3 Å². The number of ether oxygens (including phenoxy) is 1. The highest BCUT2D eigenvalue weighted by molar-refractivity contribution is 7.09. The molecule has 0 fully saturated rings. The van der Waals surface area contributed by atoms with Gasteiger partial charge in [0.2, 0.25) is 0 Å². The summed E-state index contributed by atoms with van der Waals surface area (Å²) >= 11 is 1.63. The summed E-state index contributed by atoms with van der Waals surface area (Å²) in [5.41, 5.74) is 2.03. The minimum atomic E-state index is 0.672. The number of rotatable bonds is 5. The Hall–Kier alpha value is -2.40. The molecular formula is C16H15N3OS. The van der Waals surface area contributed by atoms with E-state index in [1.165, 1.54) is 0 Å². The molecule has 4 nitrogen and oxygen atoms in total. The van der Waals surface area contributed by atoms with Crippen molar-refractivity contribution in [1.82, 2.24) is 9.97 Å². The molecule has 2 aromatic heterocycles. The molecule has 0 aliphatic rings. The second kappa shape index (κ2) is 6.37. The van der Waals surface area contributed by atoms with E-state index in [-0.39, 0.29) is 0 Å². The normalized spacial score (nSPS) is 10.3. The Morgan fingerprint density at radius 3 is 2.95 bits per heavy atom. The Kier molecular flexibility index (Phi) is 4.12. The van der Waals surface area contributed by atoms with Gasteiger partial charge in [-0.2, -0.15) is 0 Å². The van der Waals surface area contributed by atoms with E-state index < -0.39 is 0 Å². The molecule has 0 bridgehead atoms. The lowest BCUT2D eigenvalue weighted by molar-refractivity contribution is 0.415. The zero-order valence-corrected chi connectivity index (χ0v) is 12.4. The van der Waals surface area contributed by atoms with Gasteiger partial charge in [0.25, 0.3) is 0 Å². The minimum absolute atomic E-state index is 0.672. The van der Waals surface area contributed by atoms with E-state index in [4.69, 9.17) is 4.74 Å². The van der Waals surface area contributed by atoms with Crippen molar-refractivity contribution in [2.75, 3.05) is 12.4 Å². The quantitative estimate of drug-likeness (QED) is 0.777. The standard InChI is InChI=1S/C16H15N3OS/c1-20-13-6-4-5-12(9-13)14-11-21-16(19-14)10-18-15-7-2-3-8-17-15/h2-9,11H,10H2,1H3,(H,17,18). The molecule has 0 atom stereocenters. The average molecular weight is 297 g/mol. The molecule has 1 aromatic carbocycles. The van der Waals surface area contributed by atoms with Crippen molar-refractivity contribution in [3.8, 4) is 17.0 Å². The van der Waals surface area contributed by atoms with Crippen LogP contribution in [0, 0.1) is 0 Å². The predicted molar refractivity (Wildman–Crippen MR) is 85.7 cm³/mol. The number of nitrogens with zero attached hydrogens (tertiary/aromatic N) is 2. The fourth-order valence-corrected chi connectivity index (χ4v) is 2.68. The van der Waals surface area contributed by atoms with Gasteiger partial charge in [0.05, 0.1) is 19.3 Å². The molecule has 1 N–H and O–H groups in total. The third-order valence-corrected chi connectivity index (χ3v) is 3.85. The van der Waals surface area contributed by atoms with Gasteiger partial charge in [-0.25, -0.2) is 9.97 Å². The van der Waals surface area contributed by atoms with Crippen molar-refractivity contribution < 1.29 is 4.74 Å². The van der Waals surface area contributed by atoms with Crippen molar-refractivity contribution in [2.45, 2.75) is 6.54 Å². The Labute approximate surface area is 127 Å². The predicted octanol–water partition coefficient (Wildman–Crippen LogP) is 3.83. The first-order valence-electron chi connectivity index (χ1n) is 6.59. The highest BCUT2D eigenvalue weighted by Crippen LogP contribution is 2.25.